The van der Waals surface area contributed by atoms with Gasteiger partial charge in [0.25, 0.3) is 0 Å². The summed E-state index contributed by atoms with van der Waals surface area (Å²) in [5.74, 6) is 0.683. The molecule has 3 nitrogen and oxygen atoms in total. The second-order valence-corrected chi connectivity index (χ2v) is 15.6. The fourth-order valence-corrected chi connectivity index (χ4v) is 9.72. The lowest BCUT2D eigenvalue weighted by atomic mass is 9.67. The molecule has 0 bridgehead atoms. The maximum atomic E-state index is 6.19. The Morgan fingerprint density at radius 1 is 0.317 bits per heavy atom. The molecular formula is C57H36N2O. The van der Waals surface area contributed by atoms with E-state index in [0.717, 1.165) is 60.8 Å². The van der Waals surface area contributed by atoms with Gasteiger partial charge in [0, 0.05) is 27.5 Å². The van der Waals surface area contributed by atoms with Crippen molar-refractivity contribution in [1.29, 1.82) is 0 Å². The van der Waals surface area contributed by atoms with Crippen LogP contribution in [0.5, 0.6) is 0 Å². The van der Waals surface area contributed by atoms with Gasteiger partial charge in [0.15, 0.2) is 5.82 Å². The van der Waals surface area contributed by atoms with Crippen LogP contribution in [0, 0.1) is 0 Å². The first kappa shape index (κ1) is 34.2. The minimum Gasteiger partial charge on any atom is -0.456 e. The smallest absolute Gasteiger partial charge is 0.161 e. The van der Waals surface area contributed by atoms with Gasteiger partial charge in [-0.25, -0.2) is 9.97 Å². The van der Waals surface area contributed by atoms with Crippen molar-refractivity contribution in [3.8, 4) is 56.2 Å². The molecule has 11 aromatic rings. The van der Waals surface area contributed by atoms with Crippen LogP contribution >= 0.6 is 0 Å². The van der Waals surface area contributed by atoms with Crippen LogP contribution < -0.4 is 0 Å². The summed E-state index contributed by atoms with van der Waals surface area (Å²) in [7, 11) is 0. The first-order valence-corrected chi connectivity index (χ1v) is 20.5. The largest absolute Gasteiger partial charge is 0.456 e. The Bertz CT molecular complexity index is 3380. The van der Waals surface area contributed by atoms with Gasteiger partial charge >= 0.3 is 0 Å². The molecule has 2 heterocycles. The van der Waals surface area contributed by atoms with Gasteiger partial charge in [-0.3, -0.25) is 0 Å². The number of fused-ring (bicyclic) bond motifs is 7. The van der Waals surface area contributed by atoms with E-state index in [0.29, 0.717) is 5.82 Å². The van der Waals surface area contributed by atoms with Crippen LogP contribution in [0.1, 0.15) is 22.3 Å². The zero-order valence-electron chi connectivity index (χ0n) is 32.6. The third kappa shape index (κ3) is 5.23. The summed E-state index contributed by atoms with van der Waals surface area (Å²) in [5.41, 5.74) is 16.0. The summed E-state index contributed by atoms with van der Waals surface area (Å²) in [5, 5.41) is 4.41. The minimum atomic E-state index is -0.478. The lowest BCUT2D eigenvalue weighted by molar-refractivity contribution is 0.669. The van der Waals surface area contributed by atoms with E-state index in [1.54, 1.807) is 0 Å². The standard InChI is InChI=1S/C57H36N2O/c1-4-16-37(17-5-1)52-36-53(39-29-33-55-49(34-39)47-25-13-15-27-54(47)60-55)59-56(58-52)48-32-31-42(43-22-10-11-23-44(43)48)38-28-30-46-45-24-12-14-26-50(45)57(51(46)35-38,40-18-6-2-7-19-40)41-20-8-3-9-21-41/h1-36H. The lowest BCUT2D eigenvalue weighted by Gasteiger charge is -2.34. The molecule has 0 saturated heterocycles. The van der Waals surface area contributed by atoms with Crippen LogP contribution in [-0.4, -0.2) is 9.97 Å². The van der Waals surface area contributed by atoms with Crippen molar-refractivity contribution >= 4 is 32.7 Å². The first-order chi connectivity index (χ1) is 29.7. The van der Waals surface area contributed by atoms with Crippen molar-refractivity contribution in [2.24, 2.45) is 0 Å². The molecule has 0 radical (unpaired) electrons. The van der Waals surface area contributed by atoms with E-state index < -0.39 is 5.41 Å². The molecule has 2 aromatic heterocycles. The van der Waals surface area contributed by atoms with Crippen LogP contribution in [0.3, 0.4) is 0 Å². The molecular weight excluding hydrogens is 729 g/mol. The van der Waals surface area contributed by atoms with Crippen molar-refractivity contribution in [2.45, 2.75) is 5.41 Å². The molecule has 9 aromatic carbocycles. The van der Waals surface area contributed by atoms with Gasteiger partial charge in [-0.1, -0.05) is 176 Å². The summed E-state index contributed by atoms with van der Waals surface area (Å²) >= 11 is 0. The van der Waals surface area contributed by atoms with Crippen LogP contribution in [0.4, 0.5) is 0 Å². The summed E-state index contributed by atoms with van der Waals surface area (Å²) in [6.45, 7) is 0. The Labute approximate surface area is 347 Å². The molecule has 0 saturated carbocycles. The molecule has 0 amide bonds. The van der Waals surface area contributed by atoms with Crippen molar-refractivity contribution in [2.75, 3.05) is 0 Å². The maximum absolute atomic E-state index is 6.19. The van der Waals surface area contributed by atoms with Gasteiger partial charge in [0.1, 0.15) is 11.2 Å². The third-order valence-electron chi connectivity index (χ3n) is 12.4. The number of benzene rings is 9. The molecule has 0 aliphatic heterocycles. The second kappa shape index (κ2) is 13.6. The maximum Gasteiger partial charge on any atom is 0.161 e. The van der Waals surface area contributed by atoms with E-state index in [2.05, 4.69) is 200 Å². The summed E-state index contributed by atoms with van der Waals surface area (Å²) < 4.78 is 6.19. The monoisotopic (exact) mass is 764 g/mol. The number of nitrogens with zero attached hydrogens (tertiary/aromatic N) is 2. The highest BCUT2D eigenvalue weighted by Crippen LogP contribution is 2.57. The van der Waals surface area contributed by atoms with E-state index >= 15 is 0 Å². The Hall–Kier alpha value is -7.88. The predicted molar refractivity (Wildman–Crippen MR) is 246 cm³/mol. The Morgan fingerprint density at radius 2 is 0.850 bits per heavy atom. The SMILES string of the molecule is c1ccc(-c2cc(-c3ccc4oc5ccccc5c4c3)nc(-c3ccc(-c4ccc5c(c4)C(c4ccccc4)(c4ccccc4)c4ccccc4-5)c4ccccc34)n2)cc1. The third-order valence-corrected chi connectivity index (χ3v) is 12.4. The molecule has 0 N–H and O–H groups in total. The molecule has 0 atom stereocenters. The van der Waals surface area contributed by atoms with Gasteiger partial charge in [0.2, 0.25) is 0 Å². The average molecular weight is 765 g/mol. The van der Waals surface area contributed by atoms with Crippen LogP contribution in [-0.2, 0) is 5.41 Å². The van der Waals surface area contributed by atoms with Gasteiger partial charge in [-0.05, 0) is 97.7 Å². The lowest BCUT2D eigenvalue weighted by Crippen LogP contribution is -2.28. The molecule has 1 aliphatic carbocycles. The molecule has 1 aliphatic rings. The number of rotatable bonds is 6. The van der Waals surface area contributed by atoms with E-state index in [1.807, 2.05) is 18.2 Å². The summed E-state index contributed by atoms with van der Waals surface area (Å²) in [6, 6.07) is 78.2. The minimum absolute atomic E-state index is 0.478. The van der Waals surface area contributed by atoms with Gasteiger partial charge in [0.05, 0.1) is 16.8 Å². The van der Waals surface area contributed by atoms with E-state index in [1.165, 1.54) is 44.5 Å². The number of aromatic nitrogens is 2. The van der Waals surface area contributed by atoms with Crippen LogP contribution in [0.15, 0.2) is 223 Å². The normalized spacial score (nSPS) is 12.8. The molecule has 0 fully saturated rings. The Morgan fingerprint density at radius 3 is 1.60 bits per heavy atom. The number of furan rings is 1. The van der Waals surface area contributed by atoms with E-state index in [-0.39, 0.29) is 0 Å². The van der Waals surface area contributed by atoms with E-state index in [9.17, 15) is 0 Å². The highest BCUT2D eigenvalue weighted by atomic mass is 16.3. The van der Waals surface area contributed by atoms with Crippen molar-refractivity contribution in [1.82, 2.24) is 9.97 Å². The summed E-state index contributed by atoms with van der Waals surface area (Å²) in [6.07, 6.45) is 0. The molecule has 12 rings (SSSR count). The zero-order chi connectivity index (χ0) is 39.6. The number of hydrogen-bond donors (Lipinski definition) is 0. The van der Waals surface area contributed by atoms with Crippen LogP contribution in [0.25, 0.3) is 88.9 Å². The highest BCUT2D eigenvalue weighted by molar-refractivity contribution is 6.07. The highest BCUT2D eigenvalue weighted by Gasteiger charge is 2.46. The summed E-state index contributed by atoms with van der Waals surface area (Å²) in [4.78, 5) is 10.6. The molecule has 60 heavy (non-hydrogen) atoms. The molecule has 3 heteroatoms. The Kier molecular flexibility index (Phi) is 7.76. The Balaban J connectivity index is 1.05. The van der Waals surface area contributed by atoms with Crippen molar-refractivity contribution < 1.29 is 4.42 Å². The molecule has 280 valence electrons. The predicted octanol–water partition coefficient (Wildman–Crippen LogP) is 14.6. The number of hydrogen-bond acceptors (Lipinski definition) is 3. The first-order valence-electron chi connectivity index (χ1n) is 20.5. The molecule has 0 unspecified atom stereocenters. The zero-order valence-corrected chi connectivity index (χ0v) is 32.6. The second-order valence-electron chi connectivity index (χ2n) is 15.6. The molecule has 0 spiro atoms. The fourth-order valence-electron chi connectivity index (χ4n) is 9.72. The van der Waals surface area contributed by atoms with Gasteiger partial charge in [-0.15, -0.1) is 0 Å². The average Bonchev–Trinajstić information content (AvgIpc) is 3.85. The van der Waals surface area contributed by atoms with Crippen LogP contribution in [0.2, 0.25) is 0 Å². The van der Waals surface area contributed by atoms with Crippen molar-refractivity contribution in [3.05, 3.63) is 241 Å². The fraction of sp³-hybridized carbons (Fsp3) is 0.0175. The van der Waals surface area contributed by atoms with E-state index in [4.69, 9.17) is 14.4 Å². The quantitative estimate of drug-likeness (QED) is 0.169. The van der Waals surface area contributed by atoms with Gasteiger partial charge < -0.3 is 4.42 Å². The van der Waals surface area contributed by atoms with Crippen molar-refractivity contribution in [3.63, 3.8) is 0 Å². The number of para-hydroxylation sites is 1. The topological polar surface area (TPSA) is 38.9 Å². The van der Waals surface area contributed by atoms with Gasteiger partial charge in [-0.2, -0.15) is 0 Å².